The Bertz CT molecular complexity index is 691. The Morgan fingerprint density at radius 2 is 2.22 bits per heavy atom. The fourth-order valence-corrected chi connectivity index (χ4v) is 4.06. The topological polar surface area (TPSA) is 51.0 Å². The van der Waals surface area contributed by atoms with Crippen molar-refractivity contribution in [3.63, 3.8) is 0 Å². The van der Waals surface area contributed by atoms with E-state index in [4.69, 9.17) is 0 Å². The third-order valence-electron chi connectivity index (χ3n) is 4.71. The molecule has 0 saturated carbocycles. The van der Waals surface area contributed by atoms with Crippen molar-refractivity contribution in [3.8, 4) is 0 Å². The van der Waals surface area contributed by atoms with Crippen LogP contribution in [-0.2, 0) is 18.3 Å². The molecule has 5 nitrogen and oxygen atoms in total. The molecule has 0 radical (unpaired) electrons. The van der Waals surface area contributed by atoms with Crippen LogP contribution in [0.1, 0.15) is 46.3 Å². The monoisotopic (exact) mass is 332 g/mol. The molecule has 0 spiro atoms. The number of hydrogen-bond acceptors (Lipinski definition) is 4. The number of rotatable bonds is 4. The Morgan fingerprint density at radius 3 is 2.87 bits per heavy atom. The van der Waals surface area contributed by atoms with Crippen molar-refractivity contribution >= 4 is 17.2 Å². The number of thiazole rings is 1. The third-order valence-corrected chi connectivity index (χ3v) is 5.78. The summed E-state index contributed by atoms with van der Waals surface area (Å²) in [6.07, 6.45) is 7.36. The maximum Gasteiger partial charge on any atom is 0.222 e. The van der Waals surface area contributed by atoms with Crippen molar-refractivity contribution in [2.45, 2.75) is 45.4 Å². The Balaban J connectivity index is 1.57. The molecule has 2 aromatic rings. The van der Waals surface area contributed by atoms with E-state index in [1.807, 2.05) is 29.0 Å². The van der Waals surface area contributed by atoms with Gasteiger partial charge < -0.3 is 4.90 Å². The SMILES string of the molecule is Cc1cnc([C@H]2CCCN(C(=O)CCc3cnn(C)c3C)C2)s1. The molecule has 0 unspecified atom stereocenters. The molecule has 3 heterocycles. The molecule has 1 fully saturated rings. The molecule has 6 heteroatoms. The number of amides is 1. The molecule has 0 aromatic carbocycles. The molecule has 1 aliphatic heterocycles. The van der Waals surface area contributed by atoms with Gasteiger partial charge in [-0.1, -0.05) is 0 Å². The van der Waals surface area contributed by atoms with Crippen molar-refractivity contribution in [1.82, 2.24) is 19.7 Å². The molecule has 1 atom stereocenters. The molecule has 2 aromatic heterocycles. The summed E-state index contributed by atoms with van der Waals surface area (Å²) in [6, 6.07) is 0. The lowest BCUT2D eigenvalue weighted by atomic mass is 9.98. The Morgan fingerprint density at radius 1 is 1.39 bits per heavy atom. The Kier molecular flexibility index (Phi) is 4.80. The summed E-state index contributed by atoms with van der Waals surface area (Å²) < 4.78 is 1.86. The molecule has 0 N–H and O–H groups in total. The number of likely N-dealkylation sites (tertiary alicyclic amines) is 1. The van der Waals surface area contributed by atoms with Crippen molar-refractivity contribution in [3.05, 3.63) is 33.5 Å². The van der Waals surface area contributed by atoms with Crippen LogP contribution in [-0.4, -0.2) is 38.7 Å². The Hall–Kier alpha value is -1.69. The second-order valence-corrected chi connectivity index (χ2v) is 7.63. The van der Waals surface area contributed by atoms with Gasteiger partial charge in [0.1, 0.15) is 0 Å². The zero-order valence-electron chi connectivity index (χ0n) is 14.1. The summed E-state index contributed by atoms with van der Waals surface area (Å²) >= 11 is 1.76. The molecule has 1 saturated heterocycles. The maximum atomic E-state index is 12.6. The molecule has 0 bridgehead atoms. The van der Waals surface area contributed by atoms with Crippen LogP contribution in [0.5, 0.6) is 0 Å². The van der Waals surface area contributed by atoms with Gasteiger partial charge in [0.25, 0.3) is 0 Å². The summed E-state index contributed by atoms with van der Waals surface area (Å²) in [5.74, 6) is 0.665. The maximum absolute atomic E-state index is 12.6. The first-order valence-electron chi connectivity index (χ1n) is 8.22. The molecular weight excluding hydrogens is 308 g/mol. The van der Waals surface area contributed by atoms with Gasteiger partial charge in [-0.3, -0.25) is 9.48 Å². The minimum Gasteiger partial charge on any atom is -0.342 e. The summed E-state index contributed by atoms with van der Waals surface area (Å²) in [4.78, 5) is 20.3. The molecule has 124 valence electrons. The van der Waals surface area contributed by atoms with E-state index >= 15 is 0 Å². The first-order valence-corrected chi connectivity index (χ1v) is 9.04. The second kappa shape index (κ2) is 6.83. The summed E-state index contributed by atoms with van der Waals surface area (Å²) in [5, 5.41) is 5.43. The Labute approximate surface area is 141 Å². The quantitative estimate of drug-likeness (QED) is 0.865. The highest BCUT2D eigenvalue weighted by Crippen LogP contribution is 2.30. The normalized spacial score (nSPS) is 18.4. The highest BCUT2D eigenvalue weighted by molar-refractivity contribution is 7.11. The van der Waals surface area contributed by atoms with Crippen LogP contribution in [0.2, 0.25) is 0 Å². The molecule has 0 aliphatic carbocycles. The van der Waals surface area contributed by atoms with Crippen molar-refractivity contribution in [1.29, 1.82) is 0 Å². The minimum atomic E-state index is 0.256. The van der Waals surface area contributed by atoms with Gasteiger partial charge in [0, 0.05) is 49.2 Å². The first-order chi connectivity index (χ1) is 11.0. The van der Waals surface area contributed by atoms with E-state index in [9.17, 15) is 4.79 Å². The predicted octanol–water partition coefficient (Wildman–Crippen LogP) is 2.83. The number of aromatic nitrogens is 3. The van der Waals surface area contributed by atoms with Crippen molar-refractivity contribution in [2.24, 2.45) is 7.05 Å². The molecular formula is C17H24N4OS. The molecule has 23 heavy (non-hydrogen) atoms. The summed E-state index contributed by atoms with van der Waals surface area (Å²) in [6.45, 7) is 5.83. The van der Waals surface area contributed by atoms with Gasteiger partial charge in [-0.15, -0.1) is 11.3 Å². The number of nitrogens with zero attached hydrogens (tertiary/aromatic N) is 4. The van der Waals surface area contributed by atoms with Crippen LogP contribution in [0.25, 0.3) is 0 Å². The van der Waals surface area contributed by atoms with Crippen LogP contribution < -0.4 is 0 Å². The van der Waals surface area contributed by atoms with Crippen molar-refractivity contribution < 1.29 is 4.79 Å². The van der Waals surface area contributed by atoms with Gasteiger partial charge in [-0.05, 0) is 38.7 Å². The van der Waals surface area contributed by atoms with E-state index < -0.39 is 0 Å². The van der Waals surface area contributed by atoms with E-state index in [2.05, 4.69) is 23.9 Å². The van der Waals surface area contributed by atoms with Gasteiger partial charge in [-0.25, -0.2) is 4.98 Å². The third kappa shape index (κ3) is 3.63. The molecule has 3 rings (SSSR count). The lowest BCUT2D eigenvalue weighted by Crippen LogP contribution is -2.39. The smallest absolute Gasteiger partial charge is 0.222 e. The van der Waals surface area contributed by atoms with E-state index in [-0.39, 0.29) is 5.91 Å². The molecule has 1 amide bonds. The van der Waals surface area contributed by atoms with Crippen LogP contribution in [0.3, 0.4) is 0 Å². The van der Waals surface area contributed by atoms with E-state index in [0.29, 0.717) is 12.3 Å². The largest absolute Gasteiger partial charge is 0.342 e. The predicted molar refractivity (Wildman–Crippen MR) is 91.7 cm³/mol. The van der Waals surface area contributed by atoms with Gasteiger partial charge in [-0.2, -0.15) is 5.10 Å². The van der Waals surface area contributed by atoms with E-state index in [1.54, 1.807) is 11.3 Å². The average Bonchev–Trinajstić information content (AvgIpc) is 3.13. The van der Waals surface area contributed by atoms with Gasteiger partial charge in [0.15, 0.2) is 0 Å². The van der Waals surface area contributed by atoms with Crippen LogP contribution in [0.4, 0.5) is 0 Å². The lowest BCUT2D eigenvalue weighted by molar-refractivity contribution is -0.132. The zero-order valence-corrected chi connectivity index (χ0v) is 14.9. The lowest BCUT2D eigenvalue weighted by Gasteiger charge is -2.32. The van der Waals surface area contributed by atoms with Crippen LogP contribution in [0.15, 0.2) is 12.4 Å². The van der Waals surface area contributed by atoms with Crippen LogP contribution >= 0.6 is 11.3 Å². The standard InChI is InChI=1S/C17H24N4OS/c1-12-9-18-17(23-12)15-5-4-8-21(11-15)16(22)7-6-14-10-19-20(3)13(14)2/h9-10,15H,4-8,11H2,1-3H3/t15-/m0/s1. The minimum absolute atomic E-state index is 0.256. The van der Waals surface area contributed by atoms with Gasteiger partial charge in [0.2, 0.25) is 5.91 Å². The van der Waals surface area contributed by atoms with Crippen LogP contribution in [0, 0.1) is 13.8 Å². The summed E-state index contributed by atoms with van der Waals surface area (Å²) in [7, 11) is 1.94. The number of carbonyl (C=O) groups is 1. The fourth-order valence-electron chi connectivity index (χ4n) is 3.16. The highest BCUT2D eigenvalue weighted by Gasteiger charge is 2.26. The van der Waals surface area contributed by atoms with E-state index in [0.717, 1.165) is 38.0 Å². The number of carbonyl (C=O) groups excluding carboxylic acids is 1. The average molecular weight is 332 g/mol. The van der Waals surface area contributed by atoms with Crippen molar-refractivity contribution in [2.75, 3.05) is 13.1 Å². The van der Waals surface area contributed by atoms with E-state index in [1.165, 1.54) is 15.4 Å². The summed E-state index contributed by atoms with van der Waals surface area (Å²) in [5.41, 5.74) is 2.32. The zero-order chi connectivity index (χ0) is 16.4. The second-order valence-electron chi connectivity index (χ2n) is 6.37. The fraction of sp³-hybridized carbons (Fsp3) is 0.588. The van der Waals surface area contributed by atoms with Gasteiger partial charge >= 0.3 is 0 Å². The highest BCUT2D eigenvalue weighted by atomic mass is 32.1. The number of aryl methyl sites for hydroxylation is 3. The number of hydrogen-bond donors (Lipinski definition) is 0. The molecule has 1 aliphatic rings. The number of piperidine rings is 1. The van der Waals surface area contributed by atoms with Gasteiger partial charge in [0.05, 0.1) is 11.2 Å². The first kappa shape index (κ1) is 16.2.